The lowest BCUT2D eigenvalue weighted by Gasteiger charge is -2.10. The molecule has 0 fully saturated rings. The van der Waals surface area contributed by atoms with Crippen LogP contribution in [0.4, 0.5) is 21.3 Å². The first-order chi connectivity index (χ1) is 16.7. The van der Waals surface area contributed by atoms with Crippen LogP contribution in [-0.2, 0) is 0 Å². The Morgan fingerprint density at radius 2 is 1.74 bits per heavy atom. The highest BCUT2D eigenvalue weighted by Crippen LogP contribution is 2.39. The van der Waals surface area contributed by atoms with Crippen molar-refractivity contribution in [3.8, 4) is 16.3 Å². The Hall–Kier alpha value is -4.06. The molecule has 2 amide bonds. The number of phenolic OH excluding ortho intramolecular Hbond substituents is 1. The number of ketones is 1. The van der Waals surface area contributed by atoms with Gasteiger partial charge in [0.05, 0.1) is 26.8 Å². The van der Waals surface area contributed by atoms with Crippen molar-refractivity contribution in [3.05, 3.63) is 92.0 Å². The quantitative estimate of drug-likeness (QED) is 0.157. The molecule has 0 saturated carbocycles. The molecule has 0 unspecified atom stereocenters. The predicted molar refractivity (Wildman–Crippen MR) is 133 cm³/mol. The van der Waals surface area contributed by atoms with Gasteiger partial charge in [0, 0.05) is 22.7 Å². The predicted octanol–water partition coefficient (Wildman–Crippen LogP) is 6.00. The second-order valence-corrected chi connectivity index (χ2v) is 8.78. The fraction of sp³-hybridized carbons (Fsp3) is 0. The molecular formula is C22H13Cl2N5O5S. The van der Waals surface area contributed by atoms with E-state index >= 15 is 0 Å². The third-order valence-corrected chi connectivity index (χ3v) is 6.03. The van der Waals surface area contributed by atoms with Crippen LogP contribution in [0.15, 0.2) is 60.7 Å². The summed E-state index contributed by atoms with van der Waals surface area (Å²) in [4.78, 5) is 36.2. The molecule has 4 rings (SSSR count). The van der Waals surface area contributed by atoms with Gasteiger partial charge >= 0.3 is 6.03 Å². The third kappa shape index (κ3) is 5.38. The van der Waals surface area contributed by atoms with Crippen LogP contribution in [0.2, 0.25) is 10.0 Å². The summed E-state index contributed by atoms with van der Waals surface area (Å²) in [5.41, 5.74) is 0.233. The molecule has 0 bridgehead atoms. The molecule has 0 aliphatic heterocycles. The van der Waals surface area contributed by atoms with Crippen LogP contribution in [-0.4, -0.2) is 32.0 Å². The van der Waals surface area contributed by atoms with Gasteiger partial charge in [0.15, 0.2) is 10.8 Å². The minimum atomic E-state index is -0.767. The topological polar surface area (TPSA) is 147 Å². The second-order valence-electron chi connectivity index (χ2n) is 6.96. The van der Waals surface area contributed by atoms with Gasteiger partial charge in [-0.15, -0.1) is 10.2 Å². The van der Waals surface area contributed by atoms with Gasteiger partial charge in [0.2, 0.25) is 5.13 Å². The molecule has 4 aromatic rings. The van der Waals surface area contributed by atoms with Gasteiger partial charge in [0.1, 0.15) is 5.75 Å². The summed E-state index contributed by atoms with van der Waals surface area (Å²) in [6.07, 6.45) is 0. The Labute approximate surface area is 211 Å². The molecule has 1 aromatic heterocycles. The summed E-state index contributed by atoms with van der Waals surface area (Å²) in [5, 5.41) is 34.8. The lowest BCUT2D eigenvalue weighted by atomic mass is 10.0. The minimum absolute atomic E-state index is 0.0312. The van der Waals surface area contributed by atoms with Crippen LogP contribution in [0.5, 0.6) is 5.75 Å². The molecule has 0 radical (unpaired) electrons. The number of carbonyl (C=O) groups excluding carboxylic acids is 2. The largest absolute Gasteiger partial charge is 0.506 e. The number of non-ortho nitro benzene ring substituents is 1. The molecule has 35 heavy (non-hydrogen) atoms. The van der Waals surface area contributed by atoms with Gasteiger partial charge < -0.3 is 10.4 Å². The van der Waals surface area contributed by atoms with Crippen LogP contribution >= 0.6 is 34.5 Å². The number of nitrogens with zero attached hydrogens (tertiary/aromatic N) is 3. The maximum atomic E-state index is 13.0. The maximum Gasteiger partial charge on any atom is 0.325 e. The zero-order chi connectivity index (χ0) is 25.1. The number of benzene rings is 3. The molecule has 0 atom stereocenters. The molecular weight excluding hydrogens is 517 g/mol. The monoisotopic (exact) mass is 529 g/mol. The zero-order valence-electron chi connectivity index (χ0n) is 17.4. The normalized spacial score (nSPS) is 10.6. The van der Waals surface area contributed by atoms with Crippen LogP contribution < -0.4 is 10.6 Å². The number of amides is 2. The summed E-state index contributed by atoms with van der Waals surface area (Å²) in [5.74, 6) is -0.741. The smallest absolute Gasteiger partial charge is 0.325 e. The van der Waals surface area contributed by atoms with Crippen molar-refractivity contribution < 1.29 is 19.6 Å². The summed E-state index contributed by atoms with van der Waals surface area (Å²) < 4.78 is 0. The maximum absolute atomic E-state index is 13.0. The van der Waals surface area contributed by atoms with E-state index in [4.69, 9.17) is 23.2 Å². The Kier molecular flexibility index (Phi) is 6.92. The molecule has 0 aliphatic carbocycles. The summed E-state index contributed by atoms with van der Waals surface area (Å²) >= 11 is 12.9. The second kappa shape index (κ2) is 10.1. The zero-order valence-corrected chi connectivity index (χ0v) is 19.7. The number of hydrogen-bond donors (Lipinski definition) is 3. The number of phenols is 1. The standard InChI is InChI=1S/C22H13Cl2N5O5S/c23-12-8-15(19(31)16(24)9-12)20-27-28-22(35-20)26-21(32)25-17-7-6-13(29(33)34)10-14(17)18(30)11-4-2-1-3-5-11/h1-10,31H,(H2,25,26,28,32). The van der Waals surface area contributed by atoms with Crippen molar-refractivity contribution in [2.24, 2.45) is 0 Å². The molecule has 10 nitrogen and oxygen atoms in total. The van der Waals surface area contributed by atoms with E-state index in [1.807, 2.05) is 0 Å². The van der Waals surface area contributed by atoms with Gasteiger partial charge in [-0.1, -0.05) is 64.9 Å². The molecule has 1 heterocycles. The lowest BCUT2D eigenvalue weighted by Crippen LogP contribution is -2.21. The summed E-state index contributed by atoms with van der Waals surface area (Å²) in [6.45, 7) is 0. The molecule has 0 saturated heterocycles. The number of urea groups is 1. The van der Waals surface area contributed by atoms with Gasteiger partial charge in [-0.05, 0) is 18.2 Å². The van der Waals surface area contributed by atoms with E-state index in [-0.39, 0.29) is 48.4 Å². The number of anilines is 2. The highest BCUT2D eigenvalue weighted by atomic mass is 35.5. The molecule has 0 spiro atoms. The fourth-order valence-electron chi connectivity index (χ4n) is 3.05. The van der Waals surface area contributed by atoms with Crippen LogP contribution in [0.1, 0.15) is 15.9 Å². The van der Waals surface area contributed by atoms with E-state index in [1.54, 1.807) is 30.3 Å². The molecule has 0 aliphatic rings. The van der Waals surface area contributed by atoms with Crippen molar-refractivity contribution in [2.45, 2.75) is 0 Å². The van der Waals surface area contributed by atoms with Gasteiger partial charge in [-0.2, -0.15) is 0 Å². The first kappa shape index (κ1) is 24.1. The van der Waals surface area contributed by atoms with Crippen LogP contribution in [0.25, 0.3) is 10.6 Å². The highest BCUT2D eigenvalue weighted by molar-refractivity contribution is 7.18. The number of aromatic hydroxyl groups is 1. The van der Waals surface area contributed by atoms with Crippen molar-refractivity contribution in [2.75, 3.05) is 10.6 Å². The Morgan fingerprint density at radius 3 is 2.46 bits per heavy atom. The number of rotatable bonds is 6. The van der Waals surface area contributed by atoms with E-state index in [9.17, 15) is 24.8 Å². The molecule has 13 heteroatoms. The van der Waals surface area contributed by atoms with E-state index in [2.05, 4.69) is 20.8 Å². The number of nitro groups is 1. The Balaban J connectivity index is 1.57. The SMILES string of the molecule is O=C(Nc1nnc(-c2cc(Cl)cc(Cl)c2O)s1)Nc1ccc([N+](=O)[O-])cc1C(=O)c1ccccc1. The van der Waals surface area contributed by atoms with Crippen molar-refractivity contribution >= 4 is 62.9 Å². The van der Waals surface area contributed by atoms with Crippen molar-refractivity contribution in [1.82, 2.24) is 10.2 Å². The Morgan fingerprint density at radius 1 is 1.00 bits per heavy atom. The average Bonchev–Trinajstić information content (AvgIpc) is 3.29. The first-order valence-electron chi connectivity index (χ1n) is 9.71. The number of hydrogen-bond acceptors (Lipinski definition) is 8. The van der Waals surface area contributed by atoms with Crippen molar-refractivity contribution in [1.29, 1.82) is 0 Å². The first-order valence-corrected chi connectivity index (χ1v) is 11.3. The van der Waals surface area contributed by atoms with Crippen LogP contribution in [0, 0.1) is 10.1 Å². The summed E-state index contributed by atoms with van der Waals surface area (Å²) in [6, 6.07) is 13.7. The number of carbonyl (C=O) groups is 2. The number of nitro benzene ring substituents is 1. The van der Waals surface area contributed by atoms with E-state index in [0.29, 0.717) is 5.56 Å². The van der Waals surface area contributed by atoms with E-state index < -0.39 is 16.7 Å². The van der Waals surface area contributed by atoms with E-state index in [1.165, 1.54) is 24.3 Å². The fourth-order valence-corrected chi connectivity index (χ4v) is 4.30. The Bertz CT molecular complexity index is 1460. The average molecular weight is 530 g/mol. The molecule has 176 valence electrons. The number of aromatic nitrogens is 2. The molecule has 3 N–H and O–H groups in total. The number of nitrogens with one attached hydrogen (secondary N) is 2. The minimum Gasteiger partial charge on any atom is -0.506 e. The van der Waals surface area contributed by atoms with Gasteiger partial charge in [-0.3, -0.25) is 20.2 Å². The van der Waals surface area contributed by atoms with E-state index in [0.717, 1.165) is 17.4 Å². The summed E-state index contributed by atoms with van der Waals surface area (Å²) in [7, 11) is 0. The van der Waals surface area contributed by atoms with Crippen LogP contribution in [0.3, 0.4) is 0 Å². The molecule has 3 aromatic carbocycles. The highest BCUT2D eigenvalue weighted by Gasteiger charge is 2.21. The van der Waals surface area contributed by atoms with Gasteiger partial charge in [0.25, 0.3) is 5.69 Å². The third-order valence-electron chi connectivity index (χ3n) is 4.65. The number of halogens is 2. The van der Waals surface area contributed by atoms with Crippen molar-refractivity contribution in [3.63, 3.8) is 0 Å². The lowest BCUT2D eigenvalue weighted by molar-refractivity contribution is -0.384. The van der Waals surface area contributed by atoms with Gasteiger partial charge in [-0.25, -0.2) is 4.79 Å².